The summed E-state index contributed by atoms with van der Waals surface area (Å²) in [5.41, 5.74) is 3.20. The zero-order valence-electron chi connectivity index (χ0n) is 14.2. The predicted octanol–water partition coefficient (Wildman–Crippen LogP) is 4.58. The highest BCUT2D eigenvalue weighted by Crippen LogP contribution is 2.34. The van der Waals surface area contributed by atoms with Gasteiger partial charge in [-0.2, -0.15) is 0 Å². The molecule has 0 fully saturated rings. The summed E-state index contributed by atoms with van der Waals surface area (Å²) in [5.74, 6) is 0.777. The number of benzene rings is 2. The average Bonchev–Trinajstić information content (AvgIpc) is 3.33. The number of carbonyl (C=O) groups excluding carboxylic acids is 1. The van der Waals surface area contributed by atoms with Gasteiger partial charge in [0.15, 0.2) is 0 Å². The van der Waals surface area contributed by atoms with Gasteiger partial charge >= 0.3 is 0 Å². The summed E-state index contributed by atoms with van der Waals surface area (Å²) in [6.07, 6.45) is 2.69. The average molecular weight is 411 g/mol. The maximum Gasteiger partial charge on any atom is 0.251 e. The van der Waals surface area contributed by atoms with Gasteiger partial charge < -0.3 is 14.6 Å². The first kappa shape index (κ1) is 16.9. The van der Waals surface area contributed by atoms with Crippen molar-refractivity contribution in [3.63, 3.8) is 0 Å². The number of amides is 1. The summed E-state index contributed by atoms with van der Waals surface area (Å²) >= 11 is 3.39. The van der Waals surface area contributed by atoms with E-state index >= 15 is 0 Å². The van der Waals surface area contributed by atoms with Crippen LogP contribution >= 0.6 is 15.9 Å². The third kappa shape index (κ3) is 3.40. The molecule has 0 unspecified atom stereocenters. The van der Waals surface area contributed by atoms with E-state index in [1.54, 1.807) is 6.26 Å². The van der Waals surface area contributed by atoms with Crippen molar-refractivity contribution in [3.05, 3.63) is 88.3 Å². The Kier molecular flexibility index (Phi) is 4.80. The standard InChI is InChI=1S/C21H19BrN2O2/c22-17-9-7-16(8-10-17)21(25)23-14-19(20-6-3-13-26-20)24-12-11-15-4-1-2-5-18(15)24/h1-10,13,19H,11-12,14H2,(H,23,25)/t19-/m1/s1. The summed E-state index contributed by atoms with van der Waals surface area (Å²) in [6, 6.07) is 19.6. The predicted molar refractivity (Wildman–Crippen MR) is 105 cm³/mol. The van der Waals surface area contributed by atoms with Gasteiger partial charge in [0.1, 0.15) is 11.8 Å². The molecule has 0 saturated heterocycles. The minimum atomic E-state index is -0.0819. The number of rotatable bonds is 5. The quantitative estimate of drug-likeness (QED) is 0.669. The lowest BCUT2D eigenvalue weighted by Crippen LogP contribution is -2.37. The Morgan fingerprint density at radius 1 is 1.12 bits per heavy atom. The minimum absolute atomic E-state index is 0.0342. The van der Waals surface area contributed by atoms with E-state index in [4.69, 9.17) is 4.42 Å². The Morgan fingerprint density at radius 2 is 1.92 bits per heavy atom. The van der Waals surface area contributed by atoms with Gasteiger partial charge in [0.05, 0.1) is 6.26 Å². The Balaban J connectivity index is 1.54. The third-order valence-electron chi connectivity index (χ3n) is 4.73. The van der Waals surface area contributed by atoms with Crippen molar-refractivity contribution in [2.24, 2.45) is 0 Å². The number of furan rings is 1. The molecule has 0 spiro atoms. The van der Waals surface area contributed by atoms with E-state index in [1.165, 1.54) is 11.3 Å². The minimum Gasteiger partial charge on any atom is -0.467 e. The van der Waals surface area contributed by atoms with Crippen LogP contribution in [0, 0.1) is 0 Å². The largest absolute Gasteiger partial charge is 0.467 e. The van der Waals surface area contributed by atoms with Crippen LogP contribution in [0.15, 0.2) is 75.8 Å². The number of hydrogen-bond acceptors (Lipinski definition) is 3. The van der Waals surface area contributed by atoms with Crippen molar-refractivity contribution in [2.75, 3.05) is 18.0 Å². The molecule has 2 aromatic carbocycles. The third-order valence-corrected chi connectivity index (χ3v) is 5.26. The monoisotopic (exact) mass is 410 g/mol. The molecule has 3 aromatic rings. The first-order chi connectivity index (χ1) is 12.7. The molecule has 0 radical (unpaired) electrons. The number of nitrogens with zero attached hydrogens (tertiary/aromatic N) is 1. The highest BCUT2D eigenvalue weighted by atomic mass is 79.9. The van der Waals surface area contributed by atoms with E-state index in [9.17, 15) is 4.79 Å². The fraction of sp³-hybridized carbons (Fsp3) is 0.190. The van der Waals surface area contributed by atoms with Gasteiger partial charge in [-0.25, -0.2) is 0 Å². The van der Waals surface area contributed by atoms with Gasteiger partial charge in [-0.1, -0.05) is 34.1 Å². The van der Waals surface area contributed by atoms with Gasteiger partial charge in [-0.05, 0) is 54.4 Å². The summed E-state index contributed by atoms with van der Waals surface area (Å²) in [6.45, 7) is 1.40. The molecule has 0 bridgehead atoms. The Morgan fingerprint density at radius 3 is 2.69 bits per heavy atom. The smallest absolute Gasteiger partial charge is 0.251 e. The Hall–Kier alpha value is -2.53. The topological polar surface area (TPSA) is 45.5 Å². The highest BCUT2D eigenvalue weighted by Gasteiger charge is 2.29. The molecule has 1 aliphatic heterocycles. The lowest BCUT2D eigenvalue weighted by atomic mass is 10.1. The molecule has 2 heterocycles. The number of hydrogen-bond donors (Lipinski definition) is 1. The van der Waals surface area contributed by atoms with Crippen LogP contribution in [0.25, 0.3) is 0 Å². The molecule has 1 atom stereocenters. The first-order valence-corrected chi connectivity index (χ1v) is 9.43. The molecule has 0 aliphatic carbocycles. The number of para-hydroxylation sites is 1. The molecule has 1 N–H and O–H groups in total. The van der Waals surface area contributed by atoms with Crippen molar-refractivity contribution >= 4 is 27.5 Å². The number of carbonyl (C=O) groups is 1. The van der Waals surface area contributed by atoms with Crippen LogP contribution in [-0.4, -0.2) is 19.0 Å². The highest BCUT2D eigenvalue weighted by molar-refractivity contribution is 9.10. The zero-order chi connectivity index (χ0) is 17.9. The molecule has 1 aliphatic rings. The first-order valence-electron chi connectivity index (χ1n) is 8.64. The fourth-order valence-electron chi connectivity index (χ4n) is 3.43. The van der Waals surface area contributed by atoms with E-state index in [2.05, 4.69) is 50.4 Å². The molecule has 1 amide bonds. The van der Waals surface area contributed by atoms with Crippen LogP contribution in [0.5, 0.6) is 0 Å². The number of fused-ring (bicyclic) bond motifs is 1. The SMILES string of the molecule is O=C(NC[C@H](c1ccco1)N1CCc2ccccc21)c1ccc(Br)cc1. The molecule has 5 heteroatoms. The van der Waals surface area contributed by atoms with Crippen molar-refractivity contribution < 1.29 is 9.21 Å². The molecule has 0 saturated carbocycles. The van der Waals surface area contributed by atoms with Crippen LogP contribution in [0.4, 0.5) is 5.69 Å². The van der Waals surface area contributed by atoms with Gasteiger partial charge in [0.25, 0.3) is 5.91 Å². The van der Waals surface area contributed by atoms with Crippen LogP contribution in [0.1, 0.15) is 27.7 Å². The second-order valence-corrected chi connectivity index (χ2v) is 7.24. The van der Waals surface area contributed by atoms with E-state index < -0.39 is 0 Å². The summed E-state index contributed by atoms with van der Waals surface area (Å²) in [5, 5.41) is 3.06. The van der Waals surface area contributed by atoms with E-state index in [0.29, 0.717) is 12.1 Å². The summed E-state index contributed by atoms with van der Waals surface area (Å²) < 4.78 is 6.63. The van der Waals surface area contributed by atoms with Gasteiger partial charge in [-0.3, -0.25) is 4.79 Å². The van der Waals surface area contributed by atoms with Crippen molar-refractivity contribution in [3.8, 4) is 0 Å². The van der Waals surface area contributed by atoms with E-state index in [-0.39, 0.29) is 11.9 Å². The lowest BCUT2D eigenvalue weighted by molar-refractivity contribution is 0.0950. The number of nitrogens with one attached hydrogen (secondary N) is 1. The van der Waals surface area contributed by atoms with Gasteiger partial charge in [0, 0.05) is 28.8 Å². The van der Waals surface area contributed by atoms with Crippen LogP contribution in [0.2, 0.25) is 0 Å². The molecular weight excluding hydrogens is 392 g/mol. The zero-order valence-corrected chi connectivity index (χ0v) is 15.8. The number of halogens is 1. The second-order valence-electron chi connectivity index (χ2n) is 6.32. The molecule has 132 valence electrons. The molecule has 1 aromatic heterocycles. The molecule has 4 nitrogen and oxygen atoms in total. The Labute approximate surface area is 160 Å². The van der Waals surface area contributed by atoms with Gasteiger partial charge in [0.2, 0.25) is 0 Å². The lowest BCUT2D eigenvalue weighted by Gasteiger charge is -2.29. The van der Waals surface area contributed by atoms with E-state index in [0.717, 1.165) is 23.2 Å². The second kappa shape index (κ2) is 7.38. The summed E-state index contributed by atoms with van der Waals surface area (Å²) in [7, 11) is 0. The van der Waals surface area contributed by atoms with Crippen LogP contribution in [0.3, 0.4) is 0 Å². The van der Waals surface area contributed by atoms with Crippen LogP contribution in [-0.2, 0) is 6.42 Å². The summed E-state index contributed by atoms with van der Waals surface area (Å²) in [4.78, 5) is 14.8. The van der Waals surface area contributed by atoms with Crippen molar-refractivity contribution in [1.82, 2.24) is 5.32 Å². The molecule has 26 heavy (non-hydrogen) atoms. The number of anilines is 1. The van der Waals surface area contributed by atoms with Crippen molar-refractivity contribution in [1.29, 1.82) is 0 Å². The fourth-order valence-corrected chi connectivity index (χ4v) is 3.69. The normalized spacial score (nSPS) is 14.1. The molecular formula is C21H19BrN2O2. The van der Waals surface area contributed by atoms with Crippen LogP contribution < -0.4 is 10.2 Å². The maximum atomic E-state index is 12.5. The Bertz CT molecular complexity index is 891. The molecule has 4 rings (SSSR count). The van der Waals surface area contributed by atoms with Crippen molar-refractivity contribution in [2.45, 2.75) is 12.5 Å². The van der Waals surface area contributed by atoms with E-state index in [1.807, 2.05) is 36.4 Å². The van der Waals surface area contributed by atoms with Gasteiger partial charge in [-0.15, -0.1) is 0 Å². The maximum absolute atomic E-state index is 12.5.